The Kier molecular flexibility index (Phi) is 5.06. The minimum absolute atomic E-state index is 0.169. The van der Waals surface area contributed by atoms with Gasteiger partial charge in [0.2, 0.25) is 0 Å². The number of ether oxygens (including phenoxy) is 2. The average molecular weight is 356 g/mol. The maximum absolute atomic E-state index is 12.9. The van der Waals surface area contributed by atoms with Crippen molar-refractivity contribution in [2.45, 2.75) is 32.5 Å². The molecule has 0 amide bonds. The van der Waals surface area contributed by atoms with E-state index in [1.165, 1.54) is 0 Å². The number of hydrogen-bond donors (Lipinski definition) is 1. The van der Waals surface area contributed by atoms with Crippen molar-refractivity contribution in [1.82, 2.24) is 0 Å². The van der Waals surface area contributed by atoms with Gasteiger partial charge in [0.1, 0.15) is 0 Å². The Morgan fingerprint density at radius 2 is 1.81 bits per heavy atom. The predicted molar refractivity (Wildman–Crippen MR) is 92.9 cm³/mol. The van der Waals surface area contributed by atoms with Crippen molar-refractivity contribution in [3.05, 3.63) is 70.3 Å². The van der Waals surface area contributed by atoms with E-state index in [4.69, 9.17) is 14.4 Å². The summed E-state index contributed by atoms with van der Waals surface area (Å²) in [7, 11) is 0. The predicted octanol–water partition coefficient (Wildman–Crippen LogP) is 4.05. The van der Waals surface area contributed by atoms with Crippen molar-refractivity contribution in [3.63, 3.8) is 0 Å². The number of carbonyl (C=O) groups excluding carboxylic acids is 2. The van der Waals surface area contributed by atoms with Gasteiger partial charge in [-0.05, 0) is 24.5 Å². The van der Waals surface area contributed by atoms with Crippen LogP contribution in [0.1, 0.15) is 52.9 Å². The zero-order valence-corrected chi connectivity index (χ0v) is 14.7. The van der Waals surface area contributed by atoms with E-state index in [0.717, 1.165) is 12.0 Å². The Hall–Kier alpha value is -2.70. The Morgan fingerprint density at radius 1 is 1.08 bits per heavy atom. The van der Waals surface area contributed by atoms with Crippen molar-refractivity contribution < 1.29 is 29.2 Å². The van der Waals surface area contributed by atoms with Gasteiger partial charge < -0.3 is 9.47 Å². The Bertz CT molecular complexity index is 844. The molecular weight excluding hydrogens is 336 g/mol. The van der Waals surface area contributed by atoms with E-state index >= 15 is 0 Å². The average Bonchev–Trinajstić information content (AvgIpc) is 2.69. The maximum atomic E-state index is 12.9. The maximum Gasteiger partial charge on any atom is 0.511 e. The molecule has 0 spiro atoms. The van der Waals surface area contributed by atoms with Crippen LogP contribution < -0.4 is 0 Å². The summed E-state index contributed by atoms with van der Waals surface area (Å²) >= 11 is 0. The standard InChI is InChI=1S/C20H20O6/c1-3-11-24-19(22)25-20(26-23)16-8-6-5-7-14(16)18(21)15-12-13(4-2)9-10-17(15)20/h5-10,12,23H,3-4,11H2,1-2H3. The molecule has 0 aromatic heterocycles. The summed E-state index contributed by atoms with van der Waals surface area (Å²) in [6.07, 6.45) is 0.359. The zero-order chi connectivity index (χ0) is 18.7. The molecule has 1 aliphatic carbocycles. The van der Waals surface area contributed by atoms with Crippen LogP contribution in [0.5, 0.6) is 0 Å². The first-order chi connectivity index (χ1) is 12.6. The molecule has 0 heterocycles. The van der Waals surface area contributed by atoms with Crippen LogP contribution in [-0.4, -0.2) is 23.8 Å². The Labute approximate surface area is 151 Å². The number of ketones is 1. The molecule has 0 aliphatic heterocycles. The van der Waals surface area contributed by atoms with Crippen LogP contribution in [0.4, 0.5) is 4.79 Å². The van der Waals surface area contributed by atoms with Gasteiger partial charge in [-0.3, -0.25) is 4.79 Å². The van der Waals surface area contributed by atoms with Crippen molar-refractivity contribution in [1.29, 1.82) is 0 Å². The molecule has 0 fully saturated rings. The lowest BCUT2D eigenvalue weighted by molar-refractivity contribution is -0.383. The molecule has 2 aromatic rings. The van der Waals surface area contributed by atoms with Gasteiger partial charge in [-0.2, -0.15) is 4.89 Å². The molecule has 2 aromatic carbocycles. The smallest absolute Gasteiger partial charge is 0.434 e. The molecule has 0 saturated heterocycles. The van der Waals surface area contributed by atoms with Gasteiger partial charge in [-0.15, -0.1) is 0 Å². The van der Waals surface area contributed by atoms with E-state index in [9.17, 15) is 14.8 Å². The summed E-state index contributed by atoms with van der Waals surface area (Å²) in [6, 6.07) is 11.7. The molecule has 0 radical (unpaired) electrons. The van der Waals surface area contributed by atoms with Crippen LogP contribution in [0.25, 0.3) is 0 Å². The van der Waals surface area contributed by atoms with Gasteiger partial charge in [0.05, 0.1) is 6.61 Å². The first-order valence-corrected chi connectivity index (χ1v) is 8.53. The van der Waals surface area contributed by atoms with E-state index in [1.807, 2.05) is 13.8 Å². The number of hydrogen-bond acceptors (Lipinski definition) is 6. The van der Waals surface area contributed by atoms with Crippen LogP contribution in [0.15, 0.2) is 42.5 Å². The molecule has 1 atom stereocenters. The second kappa shape index (κ2) is 7.27. The summed E-state index contributed by atoms with van der Waals surface area (Å²) < 4.78 is 10.4. The summed E-state index contributed by atoms with van der Waals surface area (Å²) in [4.78, 5) is 29.8. The fourth-order valence-corrected chi connectivity index (χ4v) is 3.10. The third kappa shape index (κ3) is 2.87. The van der Waals surface area contributed by atoms with E-state index in [1.54, 1.807) is 42.5 Å². The summed E-state index contributed by atoms with van der Waals surface area (Å²) in [6.45, 7) is 3.99. The highest BCUT2D eigenvalue weighted by Gasteiger charge is 2.49. The number of rotatable bonds is 5. The molecule has 1 aliphatic rings. The summed E-state index contributed by atoms with van der Waals surface area (Å²) in [5.74, 6) is -2.18. The molecule has 3 rings (SSSR count). The molecular formula is C20H20O6. The lowest BCUT2D eigenvalue weighted by Gasteiger charge is -2.35. The second-order valence-electron chi connectivity index (χ2n) is 6.02. The number of carbonyl (C=O) groups is 2. The van der Waals surface area contributed by atoms with Gasteiger partial charge >= 0.3 is 11.9 Å². The van der Waals surface area contributed by atoms with Gasteiger partial charge in [-0.25, -0.2) is 10.1 Å². The highest BCUT2D eigenvalue weighted by Crippen LogP contribution is 2.43. The first-order valence-electron chi connectivity index (χ1n) is 8.53. The number of fused-ring (bicyclic) bond motifs is 2. The van der Waals surface area contributed by atoms with Crippen molar-refractivity contribution in [3.8, 4) is 0 Å². The SMILES string of the molecule is CCCOC(=O)OC1(OO)c2ccccc2C(=O)c2cc(CC)ccc21. The van der Waals surface area contributed by atoms with E-state index < -0.39 is 11.9 Å². The molecule has 136 valence electrons. The first kappa shape index (κ1) is 18.1. The highest BCUT2D eigenvalue weighted by atomic mass is 17.2. The molecule has 1 unspecified atom stereocenters. The summed E-state index contributed by atoms with van der Waals surface area (Å²) in [5.41, 5.74) is 2.06. The third-order valence-electron chi connectivity index (χ3n) is 4.40. The quantitative estimate of drug-likeness (QED) is 0.377. The van der Waals surface area contributed by atoms with E-state index in [-0.39, 0.29) is 23.5 Å². The van der Waals surface area contributed by atoms with Crippen LogP contribution in [0, 0.1) is 0 Å². The van der Waals surface area contributed by atoms with E-state index in [0.29, 0.717) is 17.5 Å². The lowest BCUT2D eigenvalue weighted by atomic mass is 9.79. The number of aryl methyl sites for hydroxylation is 1. The molecule has 6 nitrogen and oxygen atoms in total. The summed E-state index contributed by atoms with van der Waals surface area (Å²) in [5, 5.41) is 9.78. The lowest BCUT2D eigenvalue weighted by Crippen LogP contribution is -2.42. The number of benzene rings is 2. The largest absolute Gasteiger partial charge is 0.511 e. The fourth-order valence-electron chi connectivity index (χ4n) is 3.10. The van der Waals surface area contributed by atoms with Crippen LogP contribution >= 0.6 is 0 Å². The third-order valence-corrected chi connectivity index (χ3v) is 4.40. The second-order valence-corrected chi connectivity index (χ2v) is 6.02. The molecule has 26 heavy (non-hydrogen) atoms. The molecule has 6 heteroatoms. The van der Waals surface area contributed by atoms with Gasteiger partial charge in [0, 0.05) is 22.3 Å². The van der Waals surface area contributed by atoms with Crippen molar-refractivity contribution in [2.75, 3.05) is 6.61 Å². The van der Waals surface area contributed by atoms with Gasteiger partial charge in [0.15, 0.2) is 5.78 Å². The topological polar surface area (TPSA) is 82.1 Å². The minimum Gasteiger partial charge on any atom is -0.434 e. The monoisotopic (exact) mass is 356 g/mol. The normalized spacial score (nSPS) is 18.0. The highest BCUT2D eigenvalue weighted by molar-refractivity contribution is 6.13. The zero-order valence-electron chi connectivity index (χ0n) is 14.7. The molecule has 1 N–H and O–H groups in total. The fraction of sp³-hybridized carbons (Fsp3) is 0.300. The van der Waals surface area contributed by atoms with Crippen molar-refractivity contribution in [2.24, 2.45) is 0 Å². The van der Waals surface area contributed by atoms with Crippen LogP contribution in [0.3, 0.4) is 0 Å². The van der Waals surface area contributed by atoms with Crippen LogP contribution in [-0.2, 0) is 26.6 Å². The minimum atomic E-state index is -1.96. The Morgan fingerprint density at radius 3 is 2.50 bits per heavy atom. The van der Waals surface area contributed by atoms with Crippen molar-refractivity contribution >= 4 is 11.9 Å². The van der Waals surface area contributed by atoms with Gasteiger partial charge in [-0.1, -0.05) is 50.2 Å². The molecule has 0 saturated carbocycles. The van der Waals surface area contributed by atoms with Gasteiger partial charge in [0.25, 0.3) is 0 Å². The Balaban J connectivity index is 2.18. The van der Waals surface area contributed by atoms with Crippen LogP contribution in [0.2, 0.25) is 0 Å². The van der Waals surface area contributed by atoms with E-state index in [2.05, 4.69) is 0 Å². The molecule has 0 bridgehead atoms.